The van der Waals surface area contributed by atoms with Crippen molar-refractivity contribution in [1.82, 2.24) is 5.32 Å². The Morgan fingerprint density at radius 2 is 2.00 bits per heavy atom. The van der Waals surface area contributed by atoms with Gasteiger partial charge in [0.25, 0.3) is 5.91 Å². The van der Waals surface area contributed by atoms with Crippen LogP contribution in [0.15, 0.2) is 41.8 Å². The van der Waals surface area contributed by atoms with E-state index in [2.05, 4.69) is 5.32 Å². The highest BCUT2D eigenvalue weighted by molar-refractivity contribution is 7.09. The lowest BCUT2D eigenvalue weighted by molar-refractivity contribution is 0.0951. The van der Waals surface area contributed by atoms with Crippen LogP contribution in [0, 0.1) is 0 Å². The van der Waals surface area contributed by atoms with Crippen LogP contribution >= 0.6 is 11.3 Å². The summed E-state index contributed by atoms with van der Waals surface area (Å²) in [5, 5.41) is 13.9. The lowest BCUT2D eigenvalue weighted by Gasteiger charge is -2.03. The van der Waals surface area contributed by atoms with Gasteiger partial charge in [-0.1, -0.05) is 6.07 Å². The van der Waals surface area contributed by atoms with Crippen LogP contribution in [0.2, 0.25) is 0 Å². The normalized spacial score (nSPS) is 10.0. The number of thiophene rings is 1. The molecular formula is C12H11NO2S. The van der Waals surface area contributed by atoms with E-state index in [4.69, 9.17) is 5.11 Å². The van der Waals surface area contributed by atoms with Crippen LogP contribution in [0.3, 0.4) is 0 Å². The molecule has 0 aliphatic heterocycles. The van der Waals surface area contributed by atoms with E-state index < -0.39 is 0 Å². The Labute approximate surface area is 97.4 Å². The monoisotopic (exact) mass is 233 g/mol. The van der Waals surface area contributed by atoms with Gasteiger partial charge in [-0.05, 0) is 35.7 Å². The summed E-state index contributed by atoms with van der Waals surface area (Å²) in [6.07, 6.45) is 0. The quantitative estimate of drug-likeness (QED) is 0.855. The SMILES string of the molecule is O=C(NCc1cccs1)c1ccc(O)cc1. The maximum absolute atomic E-state index is 11.7. The van der Waals surface area contributed by atoms with Crippen LogP contribution in [0.25, 0.3) is 0 Å². The zero-order valence-electron chi connectivity index (χ0n) is 8.51. The second kappa shape index (κ2) is 4.81. The van der Waals surface area contributed by atoms with Crippen LogP contribution in [0.4, 0.5) is 0 Å². The molecule has 0 spiro atoms. The lowest BCUT2D eigenvalue weighted by Crippen LogP contribution is -2.22. The average molecular weight is 233 g/mol. The van der Waals surface area contributed by atoms with E-state index in [0.29, 0.717) is 12.1 Å². The average Bonchev–Trinajstić information content (AvgIpc) is 2.80. The molecule has 0 saturated carbocycles. The maximum Gasteiger partial charge on any atom is 0.251 e. The standard InChI is InChI=1S/C12H11NO2S/c14-10-5-3-9(4-6-10)12(15)13-8-11-2-1-7-16-11/h1-7,14H,8H2,(H,13,15). The van der Waals surface area contributed by atoms with Gasteiger partial charge in [-0.3, -0.25) is 4.79 Å². The third kappa shape index (κ3) is 2.61. The van der Waals surface area contributed by atoms with Gasteiger partial charge in [-0.2, -0.15) is 0 Å². The minimum absolute atomic E-state index is 0.131. The summed E-state index contributed by atoms with van der Waals surface area (Å²) >= 11 is 1.61. The molecule has 1 amide bonds. The number of rotatable bonds is 3. The lowest BCUT2D eigenvalue weighted by atomic mass is 10.2. The highest BCUT2D eigenvalue weighted by Gasteiger charge is 2.04. The van der Waals surface area contributed by atoms with Crippen LogP contribution in [-0.4, -0.2) is 11.0 Å². The fourth-order valence-corrected chi connectivity index (χ4v) is 1.94. The number of amides is 1. The molecular weight excluding hydrogens is 222 g/mol. The van der Waals surface area contributed by atoms with Crippen LogP contribution in [0.1, 0.15) is 15.2 Å². The van der Waals surface area contributed by atoms with E-state index in [0.717, 1.165) is 4.88 Å². The first-order valence-corrected chi connectivity index (χ1v) is 5.73. The number of aromatic hydroxyl groups is 1. The molecule has 0 atom stereocenters. The molecule has 16 heavy (non-hydrogen) atoms. The topological polar surface area (TPSA) is 49.3 Å². The summed E-state index contributed by atoms with van der Waals surface area (Å²) < 4.78 is 0. The number of phenols is 1. The van der Waals surface area contributed by atoms with Gasteiger partial charge in [0.1, 0.15) is 5.75 Å². The minimum atomic E-state index is -0.131. The van der Waals surface area contributed by atoms with Gasteiger partial charge in [0.15, 0.2) is 0 Å². The van der Waals surface area contributed by atoms with E-state index in [9.17, 15) is 4.79 Å². The van der Waals surface area contributed by atoms with Crippen molar-refractivity contribution >= 4 is 17.2 Å². The number of benzene rings is 1. The van der Waals surface area contributed by atoms with Crippen LogP contribution in [0.5, 0.6) is 5.75 Å². The summed E-state index contributed by atoms with van der Waals surface area (Å²) in [6, 6.07) is 10.1. The Morgan fingerprint density at radius 3 is 2.62 bits per heavy atom. The molecule has 2 rings (SSSR count). The fourth-order valence-electron chi connectivity index (χ4n) is 1.30. The number of hydrogen-bond donors (Lipinski definition) is 2. The summed E-state index contributed by atoms with van der Waals surface area (Å²) in [4.78, 5) is 12.8. The molecule has 0 fully saturated rings. The first kappa shape index (κ1) is 10.7. The molecule has 0 unspecified atom stereocenters. The third-order valence-electron chi connectivity index (χ3n) is 2.13. The predicted molar refractivity (Wildman–Crippen MR) is 63.6 cm³/mol. The Kier molecular flexibility index (Phi) is 3.22. The smallest absolute Gasteiger partial charge is 0.251 e. The molecule has 0 bridgehead atoms. The van der Waals surface area contributed by atoms with Gasteiger partial charge >= 0.3 is 0 Å². The number of phenolic OH excluding ortho intramolecular Hbond substituents is 1. The molecule has 0 aliphatic rings. The summed E-state index contributed by atoms with van der Waals surface area (Å²) in [6.45, 7) is 0.539. The molecule has 3 nitrogen and oxygen atoms in total. The van der Waals surface area contributed by atoms with E-state index in [1.54, 1.807) is 23.5 Å². The molecule has 1 heterocycles. The zero-order valence-corrected chi connectivity index (χ0v) is 9.33. The summed E-state index contributed by atoms with van der Waals surface area (Å²) in [7, 11) is 0. The molecule has 82 valence electrons. The van der Waals surface area contributed by atoms with E-state index in [1.165, 1.54) is 12.1 Å². The number of carbonyl (C=O) groups excluding carboxylic acids is 1. The molecule has 0 aliphatic carbocycles. The van der Waals surface area contributed by atoms with Gasteiger partial charge in [-0.15, -0.1) is 11.3 Å². The molecule has 0 saturated heterocycles. The van der Waals surface area contributed by atoms with Crippen molar-refractivity contribution in [2.75, 3.05) is 0 Å². The highest BCUT2D eigenvalue weighted by atomic mass is 32.1. The van der Waals surface area contributed by atoms with Crippen molar-refractivity contribution in [3.63, 3.8) is 0 Å². The molecule has 1 aromatic heterocycles. The van der Waals surface area contributed by atoms with Gasteiger partial charge in [0, 0.05) is 10.4 Å². The summed E-state index contributed by atoms with van der Waals surface area (Å²) in [5.74, 6) is 0.0307. The molecule has 2 N–H and O–H groups in total. The molecule has 1 aromatic carbocycles. The molecule has 4 heteroatoms. The Balaban J connectivity index is 1.95. The zero-order chi connectivity index (χ0) is 11.4. The van der Waals surface area contributed by atoms with Gasteiger partial charge < -0.3 is 10.4 Å². The van der Waals surface area contributed by atoms with Crippen molar-refractivity contribution in [2.45, 2.75) is 6.54 Å². The first-order chi connectivity index (χ1) is 7.75. The van der Waals surface area contributed by atoms with Crippen molar-refractivity contribution in [3.8, 4) is 5.75 Å². The Morgan fingerprint density at radius 1 is 1.25 bits per heavy atom. The van der Waals surface area contributed by atoms with Crippen molar-refractivity contribution in [3.05, 3.63) is 52.2 Å². The molecule has 0 radical (unpaired) electrons. The second-order valence-corrected chi connectivity index (χ2v) is 4.34. The highest BCUT2D eigenvalue weighted by Crippen LogP contribution is 2.11. The number of hydrogen-bond acceptors (Lipinski definition) is 3. The van der Waals surface area contributed by atoms with Gasteiger partial charge in [0.05, 0.1) is 6.54 Å². The van der Waals surface area contributed by atoms with E-state index in [-0.39, 0.29) is 11.7 Å². The Hall–Kier alpha value is -1.81. The van der Waals surface area contributed by atoms with Crippen LogP contribution < -0.4 is 5.32 Å². The van der Waals surface area contributed by atoms with Crippen molar-refractivity contribution in [2.24, 2.45) is 0 Å². The second-order valence-electron chi connectivity index (χ2n) is 3.31. The third-order valence-corrected chi connectivity index (χ3v) is 3.01. The fraction of sp³-hybridized carbons (Fsp3) is 0.0833. The number of nitrogens with one attached hydrogen (secondary N) is 1. The van der Waals surface area contributed by atoms with Crippen molar-refractivity contribution < 1.29 is 9.90 Å². The maximum atomic E-state index is 11.7. The van der Waals surface area contributed by atoms with Gasteiger partial charge in [0.2, 0.25) is 0 Å². The van der Waals surface area contributed by atoms with E-state index >= 15 is 0 Å². The largest absolute Gasteiger partial charge is 0.508 e. The van der Waals surface area contributed by atoms with Crippen LogP contribution in [-0.2, 0) is 6.54 Å². The first-order valence-electron chi connectivity index (χ1n) is 4.85. The molecule has 2 aromatic rings. The number of carbonyl (C=O) groups is 1. The van der Waals surface area contributed by atoms with Gasteiger partial charge in [-0.25, -0.2) is 0 Å². The predicted octanol–water partition coefficient (Wildman–Crippen LogP) is 2.38. The van der Waals surface area contributed by atoms with Crippen molar-refractivity contribution in [1.29, 1.82) is 0 Å². The Bertz CT molecular complexity index is 462. The summed E-state index contributed by atoms with van der Waals surface area (Å²) in [5.41, 5.74) is 0.550. The van der Waals surface area contributed by atoms with E-state index in [1.807, 2.05) is 17.5 Å². The minimum Gasteiger partial charge on any atom is -0.508 e.